The van der Waals surface area contributed by atoms with Crippen molar-refractivity contribution in [3.8, 4) is 0 Å². The second-order valence-electron chi connectivity index (χ2n) is 7.65. The number of anilines is 2. The molecule has 154 valence electrons. The molecule has 0 saturated carbocycles. The fourth-order valence-electron chi connectivity index (χ4n) is 3.69. The normalized spacial score (nSPS) is 17.4. The second kappa shape index (κ2) is 8.57. The van der Waals surface area contributed by atoms with Crippen LogP contribution in [0.2, 0.25) is 0 Å². The van der Waals surface area contributed by atoms with Gasteiger partial charge in [0.2, 0.25) is 5.91 Å². The lowest BCUT2D eigenvalue weighted by Crippen LogP contribution is -2.61. The first-order valence-corrected chi connectivity index (χ1v) is 9.78. The van der Waals surface area contributed by atoms with Gasteiger partial charge < -0.3 is 16.0 Å². The van der Waals surface area contributed by atoms with Gasteiger partial charge in [-0.05, 0) is 45.9 Å². The van der Waals surface area contributed by atoms with E-state index in [-0.39, 0.29) is 11.9 Å². The van der Waals surface area contributed by atoms with Crippen LogP contribution in [0, 0.1) is 13.8 Å². The van der Waals surface area contributed by atoms with Crippen LogP contribution in [-0.2, 0) is 4.79 Å². The number of carbonyl (C=O) groups excluding carboxylic acids is 2. The minimum absolute atomic E-state index is 0.113. The van der Waals surface area contributed by atoms with Crippen molar-refractivity contribution in [2.75, 3.05) is 25.0 Å². The van der Waals surface area contributed by atoms with Gasteiger partial charge in [-0.3, -0.25) is 14.5 Å². The Balaban J connectivity index is 1.76. The van der Waals surface area contributed by atoms with Crippen LogP contribution in [0.5, 0.6) is 0 Å². The number of carbonyl (C=O) groups is 2. The molecule has 0 bridgehead atoms. The Morgan fingerprint density at radius 1 is 1.17 bits per heavy atom. The summed E-state index contributed by atoms with van der Waals surface area (Å²) in [6.45, 7) is 9.28. The van der Waals surface area contributed by atoms with Gasteiger partial charge in [-0.25, -0.2) is 9.97 Å². The Labute approximate surface area is 171 Å². The minimum atomic E-state index is -0.471. The zero-order valence-corrected chi connectivity index (χ0v) is 17.3. The Hall–Kier alpha value is -3.00. The smallest absolute Gasteiger partial charge is 0.254 e. The summed E-state index contributed by atoms with van der Waals surface area (Å²) < 4.78 is 0. The first-order valence-electron chi connectivity index (χ1n) is 9.78. The van der Waals surface area contributed by atoms with Gasteiger partial charge in [0.15, 0.2) is 0 Å². The summed E-state index contributed by atoms with van der Waals surface area (Å²) in [6.07, 6.45) is 0. The van der Waals surface area contributed by atoms with E-state index in [1.165, 1.54) is 0 Å². The van der Waals surface area contributed by atoms with Crippen molar-refractivity contribution < 1.29 is 9.59 Å². The topological polar surface area (TPSA) is 104 Å². The first kappa shape index (κ1) is 20.7. The molecule has 1 unspecified atom stereocenters. The van der Waals surface area contributed by atoms with Crippen LogP contribution in [0.4, 0.5) is 11.5 Å². The van der Waals surface area contributed by atoms with Gasteiger partial charge in [0.1, 0.15) is 17.7 Å². The monoisotopic (exact) mass is 396 g/mol. The van der Waals surface area contributed by atoms with Crippen molar-refractivity contribution >= 4 is 23.3 Å². The zero-order valence-electron chi connectivity index (χ0n) is 17.3. The molecule has 1 aromatic carbocycles. The second-order valence-corrected chi connectivity index (χ2v) is 7.65. The van der Waals surface area contributed by atoms with Gasteiger partial charge in [0, 0.05) is 48.7 Å². The van der Waals surface area contributed by atoms with E-state index in [9.17, 15) is 9.59 Å². The number of nitrogens with one attached hydrogen (secondary N) is 1. The van der Waals surface area contributed by atoms with Crippen molar-refractivity contribution in [3.05, 3.63) is 47.4 Å². The van der Waals surface area contributed by atoms with E-state index in [2.05, 4.69) is 15.3 Å². The predicted octanol–water partition coefficient (Wildman–Crippen LogP) is 1.86. The molecule has 1 atom stereocenters. The van der Waals surface area contributed by atoms with Crippen LogP contribution in [-0.4, -0.2) is 63.3 Å². The Morgan fingerprint density at radius 2 is 1.93 bits per heavy atom. The maximum absolute atomic E-state index is 13.1. The van der Waals surface area contributed by atoms with E-state index >= 15 is 0 Å². The maximum Gasteiger partial charge on any atom is 0.254 e. The summed E-state index contributed by atoms with van der Waals surface area (Å²) >= 11 is 0. The summed E-state index contributed by atoms with van der Waals surface area (Å²) in [4.78, 5) is 37.4. The third-order valence-electron chi connectivity index (χ3n) is 5.05. The lowest BCUT2D eigenvalue weighted by atomic mass is 10.1. The van der Waals surface area contributed by atoms with Crippen molar-refractivity contribution in [1.82, 2.24) is 19.8 Å². The van der Waals surface area contributed by atoms with Gasteiger partial charge in [-0.15, -0.1) is 0 Å². The maximum atomic E-state index is 13.1. The zero-order chi connectivity index (χ0) is 21.1. The highest BCUT2D eigenvalue weighted by Crippen LogP contribution is 2.20. The highest BCUT2D eigenvalue weighted by Gasteiger charge is 2.34. The average molecular weight is 396 g/mol. The molecule has 1 saturated heterocycles. The molecule has 8 nitrogen and oxygen atoms in total. The SMILES string of the molecule is Cc1cc(Nc2cccc(C(=O)N3CCN(C(C)C)C(C(N)=O)C3)c2)nc(C)n1. The number of benzene rings is 1. The van der Waals surface area contributed by atoms with Crippen LogP contribution in [0.3, 0.4) is 0 Å². The Morgan fingerprint density at radius 3 is 2.59 bits per heavy atom. The van der Waals surface area contributed by atoms with E-state index < -0.39 is 11.9 Å². The van der Waals surface area contributed by atoms with Crippen molar-refractivity contribution in [2.45, 2.75) is 39.8 Å². The molecule has 3 N–H and O–H groups in total. The third-order valence-corrected chi connectivity index (χ3v) is 5.05. The quantitative estimate of drug-likeness (QED) is 0.799. The number of amides is 2. The molecule has 3 rings (SSSR count). The lowest BCUT2D eigenvalue weighted by molar-refractivity contribution is -0.126. The molecule has 2 heterocycles. The van der Waals surface area contributed by atoms with E-state index in [0.29, 0.717) is 36.8 Å². The molecule has 2 amide bonds. The molecule has 8 heteroatoms. The molecule has 1 fully saturated rings. The molecule has 2 aromatic rings. The molecule has 1 aliphatic rings. The van der Waals surface area contributed by atoms with Crippen molar-refractivity contribution in [2.24, 2.45) is 5.73 Å². The van der Waals surface area contributed by atoms with Gasteiger partial charge in [-0.2, -0.15) is 0 Å². The van der Waals surface area contributed by atoms with E-state index in [4.69, 9.17) is 5.73 Å². The minimum Gasteiger partial charge on any atom is -0.368 e. The number of hydrogen-bond acceptors (Lipinski definition) is 6. The van der Waals surface area contributed by atoms with Crippen LogP contribution in [0.25, 0.3) is 0 Å². The van der Waals surface area contributed by atoms with Gasteiger partial charge in [0.05, 0.1) is 0 Å². The van der Waals surface area contributed by atoms with E-state index in [0.717, 1.165) is 11.4 Å². The van der Waals surface area contributed by atoms with Crippen molar-refractivity contribution in [3.63, 3.8) is 0 Å². The summed E-state index contributed by atoms with van der Waals surface area (Å²) in [5, 5.41) is 3.23. The highest BCUT2D eigenvalue weighted by atomic mass is 16.2. The number of hydrogen-bond donors (Lipinski definition) is 2. The van der Waals surface area contributed by atoms with Gasteiger partial charge in [-0.1, -0.05) is 6.07 Å². The highest BCUT2D eigenvalue weighted by molar-refractivity contribution is 5.96. The van der Waals surface area contributed by atoms with Gasteiger partial charge in [0.25, 0.3) is 5.91 Å². The molecule has 1 aromatic heterocycles. The van der Waals surface area contributed by atoms with Crippen LogP contribution in [0.1, 0.15) is 35.7 Å². The first-order chi connectivity index (χ1) is 13.7. The summed E-state index contributed by atoms with van der Waals surface area (Å²) in [5.41, 5.74) is 7.78. The van der Waals surface area contributed by atoms with Crippen molar-refractivity contribution in [1.29, 1.82) is 0 Å². The molecular weight excluding hydrogens is 368 g/mol. The summed E-state index contributed by atoms with van der Waals surface area (Å²) in [7, 11) is 0. The molecule has 0 radical (unpaired) electrons. The van der Waals surface area contributed by atoms with Crippen LogP contribution in [0.15, 0.2) is 30.3 Å². The number of nitrogens with two attached hydrogens (primary N) is 1. The number of piperazine rings is 1. The van der Waals surface area contributed by atoms with E-state index in [1.54, 1.807) is 17.0 Å². The fraction of sp³-hybridized carbons (Fsp3) is 0.429. The molecule has 0 aliphatic carbocycles. The largest absolute Gasteiger partial charge is 0.368 e. The number of primary amides is 1. The van der Waals surface area contributed by atoms with Crippen LogP contribution < -0.4 is 11.1 Å². The Bertz CT molecular complexity index is 894. The standard InChI is InChI=1S/C21H28N6O2/c1-13(2)27-9-8-26(12-18(27)20(22)28)21(29)16-6-5-7-17(11-16)25-19-10-14(3)23-15(4)24-19/h5-7,10-11,13,18H,8-9,12H2,1-4H3,(H2,22,28)(H,23,24,25). The molecule has 29 heavy (non-hydrogen) atoms. The van der Waals surface area contributed by atoms with Gasteiger partial charge >= 0.3 is 0 Å². The Kier molecular flexibility index (Phi) is 6.12. The molecule has 0 spiro atoms. The number of aryl methyl sites for hydroxylation is 2. The third kappa shape index (κ3) is 4.89. The average Bonchev–Trinajstić information content (AvgIpc) is 2.66. The van der Waals surface area contributed by atoms with E-state index in [1.807, 2.05) is 50.8 Å². The number of aromatic nitrogens is 2. The lowest BCUT2D eigenvalue weighted by Gasteiger charge is -2.42. The predicted molar refractivity (Wildman–Crippen MR) is 112 cm³/mol. The number of nitrogens with zero attached hydrogens (tertiary/aromatic N) is 4. The fourth-order valence-corrected chi connectivity index (χ4v) is 3.69. The molecule has 1 aliphatic heterocycles. The summed E-state index contributed by atoms with van der Waals surface area (Å²) in [6, 6.07) is 8.85. The number of rotatable bonds is 5. The molecular formula is C21H28N6O2. The summed E-state index contributed by atoms with van der Waals surface area (Å²) in [5.74, 6) is 0.846. The van der Waals surface area contributed by atoms with Crippen LogP contribution >= 0.6 is 0 Å².